The molecule has 1 N–H and O–H groups in total. The van der Waals surface area contributed by atoms with E-state index in [1.54, 1.807) is 9.80 Å². The van der Waals surface area contributed by atoms with Gasteiger partial charge in [0.05, 0.1) is 17.9 Å². The molecule has 1 aromatic carbocycles. The predicted octanol–water partition coefficient (Wildman–Crippen LogP) is 3.31. The van der Waals surface area contributed by atoms with Crippen LogP contribution in [0.2, 0.25) is 0 Å². The molecule has 0 aromatic heterocycles. The van der Waals surface area contributed by atoms with Gasteiger partial charge in [0.2, 0.25) is 17.7 Å². The molecule has 2 saturated heterocycles. The summed E-state index contributed by atoms with van der Waals surface area (Å²) in [6.45, 7) is 4.76. The summed E-state index contributed by atoms with van der Waals surface area (Å²) in [5, 5.41) is 9.16. The van der Waals surface area contributed by atoms with Crippen LogP contribution < -0.4 is 0 Å². The van der Waals surface area contributed by atoms with Crippen LogP contribution in [-0.4, -0.2) is 88.1 Å². The topological polar surface area (TPSA) is 90.4 Å². The van der Waals surface area contributed by atoms with Crippen molar-refractivity contribution in [1.82, 2.24) is 14.7 Å². The van der Waals surface area contributed by atoms with Crippen molar-refractivity contribution in [3.63, 3.8) is 0 Å². The molecule has 40 heavy (non-hydrogen) atoms. The number of benzene rings is 1. The number of nitrogens with zero attached hydrogens (tertiary/aromatic N) is 3. The predicted molar refractivity (Wildman–Crippen MR) is 152 cm³/mol. The standard InChI is InChI=1S/C32H43N3O5/c1-2-3-9-18-33-20-13-17-32-27(30(38)35(28(32)31(33)39)21-10-4-5-11-22-36)26-25(40-32)16-12-19-34(29(26)37)23-24-14-7-6-8-15-24/h6-8,12-17,25-28,36H,2-5,9-11,18-23H2,1H3/t25-,26+,27+,28?,32+/m1/s1. The zero-order valence-electron chi connectivity index (χ0n) is 23.6. The number of aliphatic hydroxyl groups excluding tert-OH is 1. The molecule has 8 nitrogen and oxygen atoms in total. The molecule has 0 saturated carbocycles. The molecule has 3 amide bonds. The lowest BCUT2D eigenvalue weighted by molar-refractivity contribution is -0.148. The second kappa shape index (κ2) is 12.7. The molecular weight excluding hydrogens is 506 g/mol. The molecule has 5 rings (SSSR count). The second-order valence-corrected chi connectivity index (χ2v) is 11.5. The molecule has 4 heterocycles. The average Bonchev–Trinajstić information content (AvgIpc) is 3.28. The van der Waals surface area contributed by atoms with E-state index < -0.39 is 29.6 Å². The number of carbonyl (C=O) groups is 3. The van der Waals surface area contributed by atoms with Crippen LogP contribution in [0.1, 0.15) is 57.4 Å². The van der Waals surface area contributed by atoms with E-state index in [-0.39, 0.29) is 24.3 Å². The van der Waals surface area contributed by atoms with Crippen molar-refractivity contribution < 1.29 is 24.2 Å². The summed E-state index contributed by atoms with van der Waals surface area (Å²) in [6, 6.07) is 9.10. The number of amides is 3. The smallest absolute Gasteiger partial charge is 0.249 e. The Balaban J connectivity index is 1.45. The molecule has 1 unspecified atom stereocenters. The van der Waals surface area contributed by atoms with Gasteiger partial charge in [-0.05, 0) is 24.8 Å². The van der Waals surface area contributed by atoms with Crippen LogP contribution in [0.3, 0.4) is 0 Å². The molecule has 216 valence electrons. The zero-order valence-corrected chi connectivity index (χ0v) is 23.6. The maximum Gasteiger partial charge on any atom is 0.249 e. The molecule has 5 atom stereocenters. The van der Waals surface area contributed by atoms with Gasteiger partial charge in [-0.2, -0.15) is 0 Å². The monoisotopic (exact) mass is 549 g/mol. The van der Waals surface area contributed by atoms with Crippen LogP contribution in [0.25, 0.3) is 0 Å². The molecule has 0 bridgehead atoms. The minimum absolute atomic E-state index is 0.0821. The van der Waals surface area contributed by atoms with Crippen molar-refractivity contribution in [2.45, 2.75) is 76.2 Å². The summed E-state index contributed by atoms with van der Waals surface area (Å²) in [5.41, 5.74) is -0.132. The Hall–Kier alpha value is -2.97. The quantitative estimate of drug-likeness (QED) is 0.319. The van der Waals surface area contributed by atoms with Crippen molar-refractivity contribution in [2.75, 3.05) is 32.8 Å². The molecule has 1 spiro atoms. The van der Waals surface area contributed by atoms with Gasteiger partial charge in [0.25, 0.3) is 0 Å². The van der Waals surface area contributed by atoms with Crippen LogP contribution in [0, 0.1) is 11.8 Å². The van der Waals surface area contributed by atoms with E-state index in [0.29, 0.717) is 32.7 Å². The van der Waals surface area contributed by atoms with Gasteiger partial charge in [-0.1, -0.05) is 87.2 Å². The lowest BCUT2D eigenvalue weighted by Crippen LogP contribution is -2.55. The summed E-state index contributed by atoms with van der Waals surface area (Å²) >= 11 is 0. The van der Waals surface area contributed by atoms with E-state index in [1.807, 2.05) is 59.5 Å². The van der Waals surface area contributed by atoms with Gasteiger partial charge >= 0.3 is 0 Å². The highest BCUT2D eigenvalue weighted by molar-refractivity contribution is 5.99. The number of carbonyl (C=O) groups excluding carboxylic acids is 3. The third kappa shape index (κ3) is 5.36. The highest BCUT2D eigenvalue weighted by atomic mass is 16.5. The normalized spacial score (nSPS) is 29.4. The van der Waals surface area contributed by atoms with E-state index >= 15 is 0 Å². The number of aliphatic hydroxyl groups is 1. The third-order valence-electron chi connectivity index (χ3n) is 8.88. The number of fused-ring (bicyclic) bond motifs is 2. The zero-order chi connectivity index (χ0) is 28.1. The van der Waals surface area contributed by atoms with Crippen LogP contribution >= 0.6 is 0 Å². The van der Waals surface area contributed by atoms with Gasteiger partial charge in [0.15, 0.2) is 0 Å². The number of unbranched alkanes of at least 4 members (excludes halogenated alkanes) is 5. The summed E-state index contributed by atoms with van der Waals surface area (Å²) in [5.74, 6) is -1.76. The second-order valence-electron chi connectivity index (χ2n) is 11.5. The maximum atomic E-state index is 14.3. The van der Waals surface area contributed by atoms with Crippen LogP contribution in [-0.2, 0) is 25.7 Å². The molecule has 4 aliphatic heterocycles. The highest BCUT2D eigenvalue weighted by Crippen LogP contribution is 2.53. The molecular formula is C32H43N3O5. The van der Waals surface area contributed by atoms with Gasteiger partial charge in [-0.3, -0.25) is 14.4 Å². The van der Waals surface area contributed by atoms with E-state index in [9.17, 15) is 14.4 Å². The van der Waals surface area contributed by atoms with E-state index in [0.717, 1.165) is 50.5 Å². The van der Waals surface area contributed by atoms with Crippen molar-refractivity contribution in [3.8, 4) is 0 Å². The van der Waals surface area contributed by atoms with Crippen LogP contribution in [0.5, 0.6) is 0 Å². The Labute approximate surface area is 237 Å². The number of hydrogen-bond acceptors (Lipinski definition) is 5. The van der Waals surface area contributed by atoms with Gasteiger partial charge in [0.1, 0.15) is 11.6 Å². The van der Waals surface area contributed by atoms with Crippen LogP contribution in [0.4, 0.5) is 0 Å². The Morgan fingerprint density at radius 2 is 1.62 bits per heavy atom. The first kappa shape index (κ1) is 28.6. The fourth-order valence-electron chi connectivity index (χ4n) is 6.92. The molecule has 2 fully saturated rings. The molecule has 0 aliphatic carbocycles. The van der Waals surface area contributed by atoms with E-state index in [2.05, 4.69) is 6.92 Å². The summed E-state index contributed by atoms with van der Waals surface area (Å²) < 4.78 is 6.74. The molecule has 0 radical (unpaired) electrons. The van der Waals surface area contributed by atoms with Gasteiger partial charge in [0, 0.05) is 39.3 Å². The Bertz CT molecular complexity index is 1120. The summed E-state index contributed by atoms with van der Waals surface area (Å²) in [4.78, 5) is 48.0. The first-order valence-electron chi connectivity index (χ1n) is 15.1. The molecule has 4 aliphatic rings. The molecule has 1 aromatic rings. The lowest BCUT2D eigenvalue weighted by Gasteiger charge is -2.35. The number of ether oxygens (including phenoxy) is 1. The van der Waals surface area contributed by atoms with Crippen molar-refractivity contribution >= 4 is 17.7 Å². The fourth-order valence-corrected chi connectivity index (χ4v) is 6.92. The number of likely N-dealkylation sites (tertiary alicyclic amines) is 1. The summed E-state index contributed by atoms with van der Waals surface area (Å²) in [7, 11) is 0. The van der Waals surface area contributed by atoms with E-state index in [1.165, 1.54) is 0 Å². The minimum atomic E-state index is -1.16. The SMILES string of the molecule is CCCCCN1CC=C[C@]23O[C@@H]4C=CCN(Cc5ccccc5)C(=O)[C@@H]4[C@H]2C(=O)N(CCCCCCO)C3C1=O. The van der Waals surface area contributed by atoms with Crippen molar-refractivity contribution in [3.05, 3.63) is 60.2 Å². The maximum absolute atomic E-state index is 14.3. The minimum Gasteiger partial charge on any atom is -0.396 e. The average molecular weight is 550 g/mol. The highest BCUT2D eigenvalue weighted by Gasteiger charge is 2.71. The number of rotatable bonds is 12. The fraction of sp³-hybridized carbons (Fsp3) is 0.594. The third-order valence-corrected chi connectivity index (χ3v) is 8.88. The number of hydrogen-bond donors (Lipinski definition) is 1. The Kier molecular flexibility index (Phi) is 9.06. The van der Waals surface area contributed by atoms with Gasteiger partial charge < -0.3 is 24.5 Å². The molecule has 8 heteroatoms. The van der Waals surface area contributed by atoms with Crippen molar-refractivity contribution in [1.29, 1.82) is 0 Å². The van der Waals surface area contributed by atoms with Gasteiger partial charge in [-0.15, -0.1) is 0 Å². The van der Waals surface area contributed by atoms with E-state index in [4.69, 9.17) is 9.84 Å². The Morgan fingerprint density at radius 1 is 0.875 bits per heavy atom. The Morgan fingerprint density at radius 3 is 2.40 bits per heavy atom. The van der Waals surface area contributed by atoms with Crippen molar-refractivity contribution in [2.24, 2.45) is 11.8 Å². The summed E-state index contributed by atoms with van der Waals surface area (Å²) in [6.07, 6.45) is 13.4. The van der Waals surface area contributed by atoms with Crippen LogP contribution in [0.15, 0.2) is 54.6 Å². The largest absolute Gasteiger partial charge is 0.396 e. The van der Waals surface area contributed by atoms with Gasteiger partial charge in [-0.25, -0.2) is 0 Å². The first-order valence-corrected chi connectivity index (χ1v) is 15.1. The lowest BCUT2D eigenvalue weighted by atomic mass is 9.77. The first-order chi connectivity index (χ1) is 19.5.